The zero-order chi connectivity index (χ0) is 13.7. The van der Waals surface area contributed by atoms with Crippen molar-refractivity contribution in [2.75, 3.05) is 0 Å². The second-order valence-corrected chi connectivity index (χ2v) is 6.62. The molecule has 2 fully saturated rings. The van der Waals surface area contributed by atoms with Crippen LogP contribution in [0.2, 0.25) is 0 Å². The molecule has 0 aromatic rings. The Balaban J connectivity index is 0. The fourth-order valence-corrected chi connectivity index (χ4v) is 1.80. The minimum Gasteiger partial charge on any atom is -0.358 e. The van der Waals surface area contributed by atoms with Gasteiger partial charge in [0.25, 0.3) is 0 Å². The Labute approximate surface area is 135 Å². The summed E-state index contributed by atoms with van der Waals surface area (Å²) in [5.41, 5.74) is 0.189. The van der Waals surface area contributed by atoms with Gasteiger partial charge in [0, 0.05) is 0 Å². The van der Waals surface area contributed by atoms with Crippen LogP contribution in [0.4, 0.5) is 0 Å². The Hall–Kier alpha value is 0.540. The summed E-state index contributed by atoms with van der Waals surface area (Å²) in [4.78, 5) is 0. The average Bonchev–Trinajstić information content (AvgIpc) is 2.43. The van der Waals surface area contributed by atoms with Crippen LogP contribution in [0.3, 0.4) is 0 Å². The van der Waals surface area contributed by atoms with E-state index >= 15 is 0 Å². The first kappa shape index (κ1) is 21.8. The molecule has 2 aliphatic carbocycles. The van der Waals surface area contributed by atoms with Gasteiger partial charge in [-0.05, 0) is 0 Å². The van der Waals surface area contributed by atoms with Gasteiger partial charge in [0.2, 0.25) is 0 Å². The summed E-state index contributed by atoms with van der Waals surface area (Å²) in [6.07, 6.45) is 19.0. The maximum absolute atomic E-state index is 4.07. The number of rotatable bonds is 0. The molecule has 19 heavy (non-hydrogen) atoms. The molecule has 0 aromatic heterocycles. The van der Waals surface area contributed by atoms with Gasteiger partial charge in [-0.3, -0.25) is 0 Å². The zero-order valence-electron chi connectivity index (χ0n) is 13.6. The van der Waals surface area contributed by atoms with Crippen LogP contribution in [0.1, 0.15) is 85.0 Å². The maximum Gasteiger partial charge on any atom is -0.0582 e. The van der Waals surface area contributed by atoms with Crippen LogP contribution in [-0.4, -0.2) is 5.54 Å². The molecule has 0 saturated heterocycles. The van der Waals surface area contributed by atoms with E-state index in [1.807, 2.05) is 0 Å². The van der Waals surface area contributed by atoms with Gasteiger partial charge >= 0.3 is 50.5 Å². The van der Waals surface area contributed by atoms with E-state index in [0.717, 1.165) is 0 Å². The molecule has 0 radical (unpaired) electrons. The Bertz CT molecular complexity index is 141. The molecule has 0 N–H and O–H groups in total. The second-order valence-electron chi connectivity index (χ2n) is 6.12. The Morgan fingerprint density at radius 2 is 1.00 bits per heavy atom. The number of hydrogen-bond donors (Lipinski definition) is 0. The third-order valence-electron chi connectivity index (χ3n) is 2.93. The molecule has 0 spiro atoms. The van der Waals surface area contributed by atoms with Crippen LogP contribution >= 0.6 is 0 Å². The molecule has 0 aliphatic heterocycles. The Morgan fingerprint density at radius 3 is 1.05 bits per heavy atom. The van der Waals surface area contributed by atoms with Crippen LogP contribution in [0.5, 0.6) is 0 Å². The van der Waals surface area contributed by atoms with E-state index in [1.54, 1.807) is 0 Å². The first-order chi connectivity index (χ1) is 8.56. The summed E-state index contributed by atoms with van der Waals surface area (Å²) >= 11 is 1.52. The van der Waals surface area contributed by atoms with Gasteiger partial charge in [-0.25, -0.2) is 0 Å². The number of hydrogen-bond acceptors (Lipinski definition) is 1. The third kappa shape index (κ3) is 21.0. The average molecular weight is 345 g/mol. The smallest absolute Gasteiger partial charge is 0.0582 e. The Kier molecular flexibility index (Phi) is 17.2. The quantitative estimate of drug-likeness (QED) is 0.362. The molecule has 2 rings (SSSR count). The molecule has 0 atom stereocenters. The normalized spacial score (nSPS) is 18.6. The summed E-state index contributed by atoms with van der Waals surface area (Å²) in [7, 11) is 0. The van der Waals surface area contributed by atoms with E-state index < -0.39 is 0 Å². The molecule has 1 nitrogen and oxygen atoms in total. The first-order valence-corrected chi connectivity index (χ1v) is 8.54. The molecule has 2 saturated carbocycles. The van der Waals surface area contributed by atoms with Crippen LogP contribution in [-0.2, 0) is 20.9 Å². The Morgan fingerprint density at radius 1 is 0.737 bits per heavy atom. The predicted octanol–water partition coefficient (Wildman–Crippen LogP) is 6.28. The van der Waals surface area contributed by atoms with Gasteiger partial charge in [-0.2, -0.15) is 25.7 Å². The second kappa shape index (κ2) is 14.9. The van der Waals surface area contributed by atoms with Crippen molar-refractivity contribution in [3.8, 4) is 0 Å². The van der Waals surface area contributed by atoms with Crippen molar-refractivity contribution < 1.29 is 20.9 Å². The molecule has 0 heterocycles. The van der Waals surface area contributed by atoms with Gasteiger partial charge in [0.05, 0.1) is 0 Å². The fourth-order valence-electron chi connectivity index (χ4n) is 1.80. The summed E-state index contributed by atoms with van der Waals surface area (Å²) < 4.78 is 4.07. The molecule has 0 unspecified atom stereocenters. The standard InChI is InChI=1S/2C6H11.C4H9N.CH3.Nb/c2*1-2-4-6-5-3-1;1-4(2,3)5;;/h2*1H,2-6H2;1-3H3;1H3;/q2*-1;;-1;. The van der Waals surface area contributed by atoms with Gasteiger partial charge in [0.1, 0.15) is 0 Å². The van der Waals surface area contributed by atoms with Gasteiger partial charge in [-0.1, -0.05) is 38.5 Å². The monoisotopic (exact) mass is 345 g/mol. The van der Waals surface area contributed by atoms with E-state index in [1.165, 1.54) is 85.1 Å². The summed E-state index contributed by atoms with van der Waals surface area (Å²) in [6.45, 7) is 6.27. The van der Waals surface area contributed by atoms with Gasteiger partial charge in [-0.15, -0.1) is 0 Å². The molecule has 2 aliphatic rings. The van der Waals surface area contributed by atoms with Crippen LogP contribution in [0, 0.1) is 20.3 Å². The molecule has 0 amide bonds. The van der Waals surface area contributed by atoms with Crippen LogP contribution < -0.4 is 0 Å². The third-order valence-corrected chi connectivity index (χ3v) is 4.41. The van der Waals surface area contributed by atoms with E-state index in [9.17, 15) is 0 Å². The van der Waals surface area contributed by atoms with Crippen molar-refractivity contribution in [1.82, 2.24) is 0 Å². The van der Waals surface area contributed by atoms with Crippen molar-refractivity contribution in [2.24, 2.45) is 3.34 Å². The SMILES string of the molecule is CC(C)(C)[N]=[Nb].[CH-]1CCCCC1.[CH-]1CCCCC1.[CH3-]. The summed E-state index contributed by atoms with van der Waals surface area (Å²) in [6, 6.07) is 0. The van der Waals surface area contributed by atoms with Crippen molar-refractivity contribution in [1.29, 1.82) is 0 Å². The van der Waals surface area contributed by atoms with E-state index in [2.05, 4.69) is 37.0 Å². The first-order valence-electron chi connectivity index (χ1n) is 7.56. The largest absolute Gasteiger partial charge is 0.358 e. The molecular weight excluding hydrogens is 311 g/mol. The zero-order valence-corrected chi connectivity index (χ0v) is 15.8. The number of nitrogens with zero attached hydrogens (tertiary/aromatic N) is 1. The van der Waals surface area contributed by atoms with E-state index in [-0.39, 0.29) is 13.0 Å². The maximum atomic E-state index is 4.07. The van der Waals surface area contributed by atoms with Crippen LogP contribution in [0.15, 0.2) is 3.34 Å². The molecule has 0 bridgehead atoms. The molecule has 115 valence electrons. The van der Waals surface area contributed by atoms with Crippen molar-refractivity contribution in [3.05, 3.63) is 20.3 Å². The minimum absolute atomic E-state index is 0. The summed E-state index contributed by atoms with van der Waals surface area (Å²) in [5.74, 6) is 0. The van der Waals surface area contributed by atoms with Gasteiger partial charge < -0.3 is 20.3 Å². The molecular formula is C17H34NNb-3. The van der Waals surface area contributed by atoms with Crippen molar-refractivity contribution in [2.45, 2.75) is 90.5 Å². The predicted molar refractivity (Wildman–Crippen MR) is 83.4 cm³/mol. The van der Waals surface area contributed by atoms with E-state index in [0.29, 0.717) is 0 Å². The van der Waals surface area contributed by atoms with Crippen molar-refractivity contribution >= 4 is 0 Å². The minimum atomic E-state index is 0. The van der Waals surface area contributed by atoms with Crippen molar-refractivity contribution in [3.63, 3.8) is 0 Å². The topological polar surface area (TPSA) is 12.4 Å². The molecule has 2 heteroatoms. The van der Waals surface area contributed by atoms with Crippen LogP contribution in [0.25, 0.3) is 0 Å². The van der Waals surface area contributed by atoms with Gasteiger partial charge in [0.15, 0.2) is 0 Å². The van der Waals surface area contributed by atoms with E-state index in [4.69, 9.17) is 0 Å². The molecule has 0 aromatic carbocycles. The fraction of sp³-hybridized carbons (Fsp3) is 0.824. The summed E-state index contributed by atoms with van der Waals surface area (Å²) in [5, 5.41) is 0.